The Bertz CT molecular complexity index is 191. The molecule has 1 spiro atoms. The lowest BCUT2D eigenvalue weighted by Crippen LogP contribution is -2.10. The van der Waals surface area contributed by atoms with Gasteiger partial charge in [0, 0.05) is 12.8 Å². The van der Waals surface area contributed by atoms with Gasteiger partial charge in [-0.05, 0) is 31.1 Å². The van der Waals surface area contributed by atoms with Crippen LogP contribution in [0.3, 0.4) is 0 Å². The predicted molar refractivity (Wildman–Crippen MR) is 53.6 cm³/mol. The molecule has 0 atom stereocenters. The molecule has 0 bridgehead atoms. The lowest BCUT2D eigenvalue weighted by Gasteiger charge is -2.15. The zero-order chi connectivity index (χ0) is 9.15. The van der Waals surface area contributed by atoms with E-state index in [9.17, 15) is 4.79 Å². The summed E-state index contributed by atoms with van der Waals surface area (Å²) in [6.45, 7) is 0. The number of carbonyl (C=O) groups excluding carboxylic acids is 1. The first-order valence-electron chi connectivity index (χ1n) is 5.83. The summed E-state index contributed by atoms with van der Waals surface area (Å²) in [5.74, 6) is 0.541. The average Bonchev–Trinajstić information content (AvgIpc) is 2.84. The van der Waals surface area contributed by atoms with Gasteiger partial charge >= 0.3 is 0 Å². The molecule has 2 rings (SSSR count). The van der Waals surface area contributed by atoms with Gasteiger partial charge in [-0.25, -0.2) is 0 Å². The van der Waals surface area contributed by atoms with Gasteiger partial charge in [0.25, 0.3) is 0 Å². The van der Waals surface area contributed by atoms with Gasteiger partial charge in [-0.2, -0.15) is 0 Å². The molecule has 0 unspecified atom stereocenters. The Kier molecular flexibility index (Phi) is 2.71. The van der Waals surface area contributed by atoms with Crippen LogP contribution in [0.5, 0.6) is 0 Å². The molecule has 0 aromatic carbocycles. The molecular formula is C12H20O. The number of Topliss-reactive ketones (excluding diaryl/α,β-unsaturated/α-hetero) is 1. The lowest BCUT2D eigenvalue weighted by molar-refractivity contribution is -0.120. The Hall–Kier alpha value is -0.330. The Morgan fingerprint density at radius 1 is 0.846 bits per heavy atom. The highest BCUT2D eigenvalue weighted by Crippen LogP contribution is 2.53. The number of carbonyl (C=O) groups is 1. The van der Waals surface area contributed by atoms with Crippen LogP contribution >= 0.6 is 0 Å². The molecule has 2 aliphatic carbocycles. The molecule has 1 heteroatoms. The molecule has 2 fully saturated rings. The molecule has 0 heterocycles. The zero-order valence-corrected chi connectivity index (χ0v) is 8.48. The minimum absolute atomic E-state index is 0.508. The standard InChI is InChI=1S/C12H20O/c13-11-6-4-2-1-3-5-7-12(10-11)8-9-12/h1-10H2. The van der Waals surface area contributed by atoms with Gasteiger partial charge in [-0.1, -0.05) is 25.7 Å². The van der Waals surface area contributed by atoms with Crippen LogP contribution in [0.4, 0.5) is 0 Å². The van der Waals surface area contributed by atoms with E-state index >= 15 is 0 Å². The van der Waals surface area contributed by atoms with Crippen molar-refractivity contribution in [1.29, 1.82) is 0 Å². The third-order valence-corrected chi connectivity index (χ3v) is 3.69. The summed E-state index contributed by atoms with van der Waals surface area (Å²) in [6, 6.07) is 0. The van der Waals surface area contributed by atoms with E-state index < -0.39 is 0 Å². The van der Waals surface area contributed by atoms with Crippen LogP contribution in [-0.2, 0) is 4.79 Å². The van der Waals surface area contributed by atoms with E-state index in [1.807, 2.05) is 0 Å². The van der Waals surface area contributed by atoms with Crippen molar-refractivity contribution < 1.29 is 4.79 Å². The summed E-state index contributed by atoms with van der Waals surface area (Å²) in [5, 5.41) is 0. The highest BCUT2D eigenvalue weighted by molar-refractivity contribution is 5.79. The van der Waals surface area contributed by atoms with Crippen LogP contribution in [0.2, 0.25) is 0 Å². The fourth-order valence-electron chi connectivity index (χ4n) is 2.55. The molecule has 0 saturated heterocycles. The summed E-state index contributed by atoms with van der Waals surface area (Å²) in [5.41, 5.74) is 0.508. The van der Waals surface area contributed by atoms with Crippen molar-refractivity contribution >= 4 is 5.78 Å². The molecule has 0 aromatic heterocycles. The molecule has 0 aliphatic heterocycles. The number of ketones is 1. The molecule has 0 aromatic rings. The minimum atomic E-state index is 0.508. The van der Waals surface area contributed by atoms with E-state index in [4.69, 9.17) is 0 Å². The number of hydrogen-bond acceptors (Lipinski definition) is 1. The van der Waals surface area contributed by atoms with Crippen LogP contribution in [0.25, 0.3) is 0 Å². The quantitative estimate of drug-likeness (QED) is 0.558. The van der Waals surface area contributed by atoms with Crippen LogP contribution in [-0.4, -0.2) is 5.78 Å². The molecule has 74 valence electrons. The summed E-state index contributed by atoms with van der Waals surface area (Å²) in [4.78, 5) is 11.6. The Morgan fingerprint density at radius 3 is 2.31 bits per heavy atom. The average molecular weight is 180 g/mol. The third-order valence-electron chi connectivity index (χ3n) is 3.69. The summed E-state index contributed by atoms with van der Waals surface area (Å²) < 4.78 is 0. The van der Waals surface area contributed by atoms with E-state index in [0.717, 1.165) is 19.3 Å². The van der Waals surface area contributed by atoms with E-state index in [1.54, 1.807) is 0 Å². The van der Waals surface area contributed by atoms with E-state index in [1.165, 1.54) is 44.9 Å². The van der Waals surface area contributed by atoms with E-state index in [2.05, 4.69) is 0 Å². The Morgan fingerprint density at radius 2 is 1.54 bits per heavy atom. The van der Waals surface area contributed by atoms with Crippen molar-refractivity contribution in [3.8, 4) is 0 Å². The number of rotatable bonds is 0. The fraction of sp³-hybridized carbons (Fsp3) is 0.917. The monoisotopic (exact) mass is 180 g/mol. The van der Waals surface area contributed by atoms with Crippen molar-refractivity contribution in [3.05, 3.63) is 0 Å². The van der Waals surface area contributed by atoms with Crippen molar-refractivity contribution in [2.24, 2.45) is 5.41 Å². The number of hydrogen-bond donors (Lipinski definition) is 0. The smallest absolute Gasteiger partial charge is 0.133 e. The maximum Gasteiger partial charge on any atom is 0.133 e. The molecule has 13 heavy (non-hydrogen) atoms. The molecule has 2 saturated carbocycles. The van der Waals surface area contributed by atoms with Crippen molar-refractivity contribution in [3.63, 3.8) is 0 Å². The van der Waals surface area contributed by atoms with Crippen molar-refractivity contribution in [2.75, 3.05) is 0 Å². The van der Waals surface area contributed by atoms with Gasteiger partial charge in [0.15, 0.2) is 0 Å². The van der Waals surface area contributed by atoms with Crippen LogP contribution in [0.15, 0.2) is 0 Å². The normalized spacial score (nSPS) is 28.8. The SMILES string of the molecule is O=C1CCCCCCCC2(CC2)C1. The van der Waals surface area contributed by atoms with E-state index in [0.29, 0.717) is 11.2 Å². The maximum absolute atomic E-state index is 11.6. The van der Waals surface area contributed by atoms with Crippen molar-refractivity contribution in [1.82, 2.24) is 0 Å². The lowest BCUT2D eigenvalue weighted by atomic mass is 9.89. The highest BCUT2D eigenvalue weighted by atomic mass is 16.1. The van der Waals surface area contributed by atoms with Crippen LogP contribution < -0.4 is 0 Å². The molecule has 0 amide bonds. The second-order valence-electron chi connectivity index (χ2n) is 4.98. The molecular weight excluding hydrogens is 160 g/mol. The Labute approximate surface area is 80.9 Å². The van der Waals surface area contributed by atoms with Gasteiger partial charge in [-0.15, -0.1) is 0 Å². The first-order chi connectivity index (χ1) is 6.31. The van der Waals surface area contributed by atoms with Gasteiger partial charge in [0.1, 0.15) is 5.78 Å². The summed E-state index contributed by atoms with van der Waals surface area (Å²) in [6.07, 6.45) is 12.3. The zero-order valence-electron chi connectivity index (χ0n) is 8.48. The van der Waals surface area contributed by atoms with Crippen LogP contribution in [0.1, 0.15) is 64.2 Å². The summed E-state index contributed by atoms with van der Waals surface area (Å²) >= 11 is 0. The molecule has 0 N–H and O–H groups in total. The highest BCUT2D eigenvalue weighted by Gasteiger charge is 2.42. The fourth-order valence-corrected chi connectivity index (χ4v) is 2.55. The van der Waals surface area contributed by atoms with Crippen molar-refractivity contribution in [2.45, 2.75) is 64.2 Å². The topological polar surface area (TPSA) is 17.1 Å². The third kappa shape index (κ3) is 2.55. The molecule has 2 aliphatic rings. The summed E-state index contributed by atoms with van der Waals surface area (Å²) in [7, 11) is 0. The first-order valence-corrected chi connectivity index (χ1v) is 5.83. The second kappa shape index (κ2) is 3.81. The molecule has 1 nitrogen and oxygen atoms in total. The maximum atomic E-state index is 11.6. The largest absolute Gasteiger partial charge is 0.300 e. The first kappa shape index (κ1) is 9.23. The van der Waals surface area contributed by atoms with Gasteiger partial charge in [0.05, 0.1) is 0 Å². The van der Waals surface area contributed by atoms with Crippen LogP contribution in [0, 0.1) is 5.41 Å². The van der Waals surface area contributed by atoms with Gasteiger partial charge < -0.3 is 0 Å². The van der Waals surface area contributed by atoms with E-state index in [-0.39, 0.29) is 0 Å². The van der Waals surface area contributed by atoms with Gasteiger partial charge in [0.2, 0.25) is 0 Å². The van der Waals surface area contributed by atoms with Gasteiger partial charge in [-0.3, -0.25) is 4.79 Å². The second-order valence-corrected chi connectivity index (χ2v) is 4.98. The minimum Gasteiger partial charge on any atom is -0.300 e. The predicted octanol–water partition coefficient (Wildman–Crippen LogP) is 3.47. The Balaban J connectivity index is 1.88. The molecule has 0 radical (unpaired) electrons.